The molecule has 0 amide bonds. The lowest BCUT2D eigenvalue weighted by molar-refractivity contribution is 0.424. The molecule has 0 unspecified atom stereocenters. The van der Waals surface area contributed by atoms with E-state index in [1.807, 2.05) is 36.0 Å². The Bertz CT molecular complexity index is 466. The summed E-state index contributed by atoms with van der Waals surface area (Å²) in [5, 5.41) is 0.752. The van der Waals surface area contributed by atoms with Gasteiger partial charge in [0, 0.05) is 10.7 Å². The second-order valence-electron chi connectivity index (χ2n) is 4.82. The lowest BCUT2D eigenvalue weighted by Gasteiger charge is -2.41. The number of halogens is 1. The lowest BCUT2D eigenvalue weighted by atomic mass is 9.90. The maximum atomic E-state index is 6.09. The molecule has 1 aromatic rings. The van der Waals surface area contributed by atoms with E-state index in [4.69, 9.17) is 17.3 Å². The zero-order valence-electron chi connectivity index (χ0n) is 10.1. The van der Waals surface area contributed by atoms with E-state index in [-0.39, 0.29) is 5.54 Å². The molecule has 0 aromatic heterocycles. The van der Waals surface area contributed by atoms with Crippen molar-refractivity contribution in [2.45, 2.75) is 18.4 Å². The summed E-state index contributed by atoms with van der Waals surface area (Å²) in [5.41, 5.74) is 7.29. The van der Waals surface area contributed by atoms with Gasteiger partial charge in [-0.25, -0.2) is 0 Å². The van der Waals surface area contributed by atoms with Gasteiger partial charge in [-0.15, -0.1) is 0 Å². The van der Waals surface area contributed by atoms with Gasteiger partial charge >= 0.3 is 0 Å². The average Bonchev–Trinajstić information content (AvgIpc) is 2.69. The molecular weight excluding hydrogens is 266 g/mol. The van der Waals surface area contributed by atoms with Gasteiger partial charge in [0.25, 0.3) is 0 Å². The number of guanidine groups is 1. The fourth-order valence-corrected chi connectivity index (χ4v) is 4.12. The van der Waals surface area contributed by atoms with Crippen molar-refractivity contribution in [2.75, 3.05) is 23.0 Å². The molecule has 0 bridgehead atoms. The Balaban J connectivity index is 1.96. The summed E-state index contributed by atoms with van der Waals surface area (Å²) in [6.45, 7) is 0.821. The van der Waals surface area contributed by atoms with Crippen molar-refractivity contribution in [1.82, 2.24) is 0 Å². The van der Waals surface area contributed by atoms with Crippen molar-refractivity contribution in [1.29, 1.82) is 0 Å². The molecule has 18 heavy (non-hydrogen) atoms. The van der Waals surface area contributed by atoms with Crippen LogP contribution in [0.2, 0.25) is 5.02 Å². The van der Waals surface area contributed by atoms with Gasteiger partial charge in [-0.05, 0) is 48.6 Å². The minimum atomic E-state index is 0.100. The number of nitrogens with two attached hydrogens (primary N) is 1. The maximum absolute atomic E-state index is 6.09. The van der Waals surface area contributed by atoms with Gasteiger partial charge in [-0.1, -0.05) is 11.6 Å². The first-order valence-corrected chi connectivity index (χ1v) is 7.68. The second-order valence-corrected chi connectivity index (χ2v) is 6.48. The Morgan fingerprint density at radius 1 is 1.22 bits per heavy atom. The van der Waals surface area contributed by atoms with Gasteiger partial charge in [-0.3, -0.25) is 4.99 Å². The van der Waals surface area contributed by atoms with E-state index < -0.39 is 0 Å². The van der Waals surface area contributed by atoms with Crippen LogP contribution in [0.4, 0.5) is 5.69 Å². The van der Waals surface area contributed by atoms with Gasteiger partial charge < -0.3 is 10.6 Å². The molecule has 3 rings (SSSR count). The number of aliphatic imine (C=N–C) groups is 1. The van der Waals surface area contributed by atoms with Crippen LogP contribution in [0.25, 0.3) is 0 Å². The number of anilines is 1. The first-order valence-electron chi connectivity index (χ1n) is 6.15. The largest absolute Gasteiger partial charge is 0.369 e. The summed E-state index contributed by atoms with van der Waals surface area (Å²) in [5.74, 6) is 3.02. The van der Waals surface area contributed by atoms with Crippen LogP contribution in [0.5, 0.6) is 0 Å². The van der Waals surface area contributed by atoms with E-state index in [0.29, 0.717) is 5.96 Å². The van der Waals surface area contributed by atoms with Gasteiger partial charge in [0.05, 0.1) is 12.1 Å². The van der Waals surface area contributed by atoms with E-state index in [9.17, 15) is 0 Å². The van der Waals surface area contributed by atoms with Crippen molar-refractivity contribution >= 4 is 35.0 Å². The van der Waals surface area contributed by atoms with E-state index >= 15 is 0 Å². The quantitative estimate of drug-likeness (QED) is 0.861. The molecule has 1 saturated heterocycles. The number of hydrogen-bond acceptors (Lipinski definition) is 4. The third-order valence-electron chi connectivity index (χ3n) is 3.75. The van der Waals surface area contributed by atoms with Crippen molar-refractivity contribution < 1.29 is 0 Å². The molecule has 0 aliphatic carbocycles. The minimum absolute atomic E-state index is 0.100. The summed E-state index contributed by atoms with van der Waals surface area (Å²) >= 11 is 7.97. The van der Waals surface area contributed by atoms with E-state index in [0.717, 1.165) is 30.1 Å². The predicted molar refractivity (Wildman–Crippen MR) is 79.7 cm³/mol. The molecule has 0 radical (unpaired) electrons. The Morgan fingerprint density at radius 2 is 1.89 bits per heavy atom. The Labute approximate surface area is 116 Å². The van der Waals surface area contributed by atoms with Crippen LogP contribution >= 0.6 is 23.4 Å². The molecule has 1 spiro atoms. The fourth-order valence-electron chi connectivity index (χ4n) is 2.74. The van der Waals surface area contributed by atoms with Crippen LogP contribution in [0.3, 0.4) is 0 Å². The monoisotopic (exact) mass is 281 g/mol. The summed E-state index contributed by atoms with van der Waals surface area (Å²) in [6.07, 6.45) is 2.29. The Hall–Kier alpha value is -0.870. The topological polar surface area (TPSA) is 41.6 Å². The molecule has 0 saturated carbocycles. The number of benzene rings is 1. The molecule has 0 atom stereocenters. The first kappa shape index (κ1) is 12.2. The van der Waals surface area contributed by atoms with Crippen molar-refractivity contribution in [3.63, 3.8) is 0 Å². The molecule has 2 heterocycles. The highest BCUT2D eigenvalue weighted by atomic mass is 35.5. The predicted octanol–water partition coefficient (Wildman–Crippen LogP) is 2.74. The van der Waals surface area contributed by atoms with Crippen molar-refractivity contribution in [3.8, 4) is 0 Å². The van der Waals surface area contributed by atoms with Crippen LogP contribution in [0.1, 0.15) is 12.8 Å². The molecule has 3 nitrogen and oxygen atoms in total. The molecule has 1 fully saturated rings. The Morgan fingerprint density at radius 3 is 2.56 bits per heavy atom. The zero-order valence-corrected chi connectivity index (χ0v) is 11.7. The third kappa shape index (κ3) is 1.97. The van der Waals surface area contributed by atoms with Gasteiger partial charge in [0.1, 0.15) is 0 Å². The number of hydrogen-bond donors (Lipinski definition) is 1. The molecule has 5 heteroatoms. The molecule has 96 valence electrons. The number of nitrogens with zero attached hydrogens (tertiary/aromatic N) is 2. The highest BCUT2D eigenvalue weighted by Crippen LogP contribution is 2.39. The smallest absolute Gasteiger partial charge is 0.196 e. The van der Waals surface area contributed by atoms with E-state index in [1.54, 1.807) is 0 Å². The van der Waals surface area contributed by atoms with Crippen LogP contribution in [0, 0.1) is 0 Å². The second kappa shape index (κ2) is 4.67. The lowest BCUT2D eigenvalue weighted by Crippen LogP contribution is -2.54. The molecule has 2 aliphatic heterocycles. The summed E-state index contributed by atoms with van der Waals surface area (Å²) in [4.78, 5) is 6.68. The van der Waals surface area contributed by atoms with Crippen LogP contribution in [0.15, 0.2) is 29.3 Å². The highest BCUT2D eigenvalue weighted by molar-refractivity contribution is 7.99. The first-order chi connectivity index (χ1) is 8.71. The standard InChI is InChI=1S/C13H16ClN3S/c14-10-1-3-11(4-2-10)17-12(15)16-9-13(17)5-7-18-8-6-13/h1-4H,5-9H2,(H2,15,16). The Kier molecular flexibility index (Phi) is 3.16. The molecule has 1 aromatic carbocycles. The van der Waals surface area contributed by atoms with E-state index in [2.05, 4.69) is 9.89 Å². The van der Waals surface area contributed by atoms with Crippen LogP contribution in [-0.4, -0.2) is 29.5 Å². The highest BCUT2D eigenvalue weighted by Gasteiger charge is 2.43. The average molecular weight is 282 g/mol. The molecular formula is C13H16ClN3S. The fraction of sp³-hybridized carbons (Fsp3) is 0.462. The summed E-state index contributed by atoms with van der Waals surface area (Å²) in [7, 11) is 0. The van der Waals surface area contributed by atoms with E-state index in [1.165, 1.54) is 11.5 Å². The van der Waals surface area contributed by atoms with Gasteiger partial charge in [-0.2, -0.15) is 11.8 Å². The normalized spacial score (nSPS) is 22.3. The van der Waals surface area contributed by atoms with Crippen LogP contribution < -0.4 is 10.6 Å². The van der Waals surface area contributed by atoms with Crippen molar-refractivity contribution in [2.24, 2.45) is 10.7 Å². The summed E-state index contributed by atoms with van der Waals surface area (Å²) in [6, 6.07) is 7.88. The molecule has 2 N–H and O–H groups in total. The SMILES string of the molecule is NC1=NCC2(CCSCC2)N1c1ccc(Cl)cc1. The number of thioether (sulfide) groups is 1. The zero-order chi connectivity index (χ0) is 12.6. The minimum Gasteiger partial charge on any atom is -0.369 e. The van der Waals surface area contributed by atoms with Crippen molar-refractivity contribution in [3.05, 3.63) is 29.3 Å². The maximum Gasteiger partial charge on any atom is 0.196 e. The third-order valence-corrected chi connectivity index (χ3v) is 4.98. The molecule has 2 aliphatic rings. The summed E-state index contributed by atoms with van der Waals surface area (Å²) < 4.78 is 0. The van der Waals surface area contributed by atoms with Gasteiger partial charge in [0.2, 0.25) is 0 Å². The van der Waals surface area contributed by atoms with Crippen LogP contribution in [-0.2, 0) is 0 Å². The number of rotatable bonds is 1. The van der Waals surface area contributed by atoms with Gasteiger partial charge in [0.15, 0.2) is 5.96 Å².